The first-order valence-corrected chi connectivity index (χ1v) is 8.28. The lowest BCUT2D eigenvalue weighted by molar-refractivity contribution is -0.276. The lowest BCUT2D eigenvalue weighted by Gasteiger charge is -2.48. The summed E-state index contributed by atoms with van der Waals surface area (Å²) < 4.78 is 0. The highest BCUT2D eigenvalue weighted by molar-refractivity contribution is 5.79. The molecule has 0 aromatic rings. The van der Waals surface area contributed by atoms with Gasteiger partial charge in [0.05, 0.1) is 5.41 Å². The molecule has 1 aliphatic rings. The molecule has 0 bridgehead atoms. The van der Waals surface area contributed by atoms with E-state index in [4.69, 9.17) is 9.78 Å². The fraction of sp³-hybridized carbons (Fsp3) is 0.889. The Morgan fingerprint density at radius 1 is 0.750 bits per heavy atom. The van der Waals surface area contributed by atoms with Crippen LogP contribution >= 0.6 is 0 Å². The van der Waals surface area contributed by atoms with Crippen LogP contribution < -0.4 is 0 Å². The van der Waals surface area contributed by atoms with E-state index >= 15 is 0 Å². The van der Waals surface area contributed by atoms with E-state index in [-0.39, 0.29) is 16.7 Å². The summed E-state index contributed by atoms with van der Waals surface area (Å²) in [5.41, 5.74) is -2.16. The number of carbonyl (C=O) groups is 2. The SMILES string of the molecule is CC(C)(C)C(C(C)(C)C)C(C)(C)C(=O)OOC(=O)C(C)(C)C1OO1. The molecule has 1 aliphatic heterocycles. The van der Waals surface area contributed by atoms with Crippen LogP contribution in [0.4, 0.5) is 0 Å². The van der Waals surface area contributed by atoms with Crippen LogP contribution in [0.1, 0.15) is 69.2 Å². The first-order valence-electron chi connectivity index (χ1n) is 8.28. The van der Waals surface area contributed by atoms with Gasteiger partial charge in [0.25, 0.3) is 0 Å². The third kappa shape index (κ3) is 4.48. The summed E-state index contributed by atoms with van der Waals surface area (Å²) in [7, 11) is 0. The van der Waals surface area contributed by atoms with Crippen molar-refractivity contribution in [3.05, 3.63) is 0 Å². The molecule has 0 spiro atoms. The molecule has 24 heavy (non-hydrogen) atoms. The van der Waals surface area contributed by atoms with Crippen LogP contribution in [0.2, 0.25) is 0 Å². The average Bonchev–Trinajstić information content (AvgIpc) is 3.14. The summed E-state index contributed by atoms with van der Waals surface area (Å²) in [6, 6.07) is 0. The first-order chi connectivity index (χ1) is 10.5. The Labute approximate surface area is 145 Å². The number of rotatable bonds is 4. The van der Waals surface area contributed by atoms with Crippen molar-refractivity contribution >= 4 is 11.9 Å². The van der Waals surface area contributed by atoms with Crippen molar-refractivity contribution in [3.8, 4) is 0 Å². The lowest BCUT2D eigenvalue weighted by atomic mass is 9.56. The van der Waals surface area contributed by atoms with Crippen molar-refractivity contribution in [3.63, 3.8) is 0 Å². The minimum absolute atomic E-state index is 0.00758. The molecule has 0 aliphatic carbocycles. The van der Waals surface area contributed by atoms with Crippen LogP contribution in [-0.4, -0.2) is 18.2 Å². The summed E-state index contributed by atoms with van der Waals surface area (Å²) in [5, 5.41) is 0. The maximum atomic E-state index is 12.7. The van der Waals surface area contributed by atoms with E-state index in [0.29, 0.717) is 0 Å². The van der Waals surface area contributed by atoms with Gasteiger partial charge in [-0.15, -0.1) is 0 Å². The van der Waals surface area contributed by atoms with Gasteiger partial charge < -0.3 is 0 Å². The highest BCUT2D eigenvalue weighted by atomic mass is 17.4. The number of carbonyl (C=O) groups excluding carboxylic acids is 2. The number of hydrogen-bond acceptors (Lipinski definition) is 6. The summed E-state index contributed by atoms with van der Waals surface area (Å²) in [5.74, 6) is -1.29. The molecule has 0 radical (unpaired) electrons. The van der Waals surface area contributed by atoms with Gasteiger partial charge in [-0.05, 0) is 44.4 Å². The Morgan fingerprint density at radius 2 is 1.12 bits per heavy atom. The van der Waals surface area contributed by atoms with Gasteiger partial charge in [-0.3, -0.25) is 0 Å². The van der Waals surface area contributed by atoms with Gasteiger partial charge in [-0.1, -0.05) is 41.5 Å². The Kier molecular flexibility index (Phi) is 5.49. The zero-order valence-electron chi connectivity index (χ0n) is 16.6. The molecule has 0 aromatic carbocycles. The molecule has 6 heteroatoms. The first kappa shape index (κ1) is 20.9. The van der Waals surface area contributed by atoms with Gasteiger partial charge >= 0.3 is 11.9 Å². The van der Waals surface area contributed by atoms with Crippen molar-refractivity contribution < 1.29 is 29.1 Å². The predicted octanol–water partition coefficient (Wildman–Crippen LogP) is 4.04. The molecule has 0 aromatic heterocycles. The van der Waals surface area contributed by atoms with Crippen molar-refractivity contribution in [2.75, 3.05) is 0 Å². The van der Waals surface area contributed by atoms with E-state index in [1.54, 1.807) is 13.8 Å². The third-order valence-corrected chi connectivity index (χ3v) is 4.48. The van der Waals surface area contributed by atoms with Crippen LogP contribution in [-0.2, 0) is 29.1 Å². The second kappa shape index (κ2) is 6.30. The fourth-order valence-corrected chi connectivity index (χ4v) is 4.24. The molecule has 0 unspecified atom stereocenters. The minimum Gasteiger partial charge on any atom is -0.247 e. The zero-order chi connectivity index (χ0) is 19.1. The van der Waals surface area contributed by atoms with Gasteiger partial charge in [0, 0.05) is 0 Å². The van der Waals surface area contributed by atoms with E-state index in [9.17, 15) is 9.59 Å². The van der Waals surface area contributed by atoms with Gasteiger partial charge in [-0.25, -0.2) is 19.4 Å². The van der Waals surface area contributed by atoms with E-state index in [0.717, 1.165) is 0 Å². The molecule has 0 N–H and O–H groups in total. The molecular weight excluding hydrogens is 312 g/mol. The van der Waals surface area contributed by atoms with Crippen molar-refractivity contribution in [2.45, 2.75) is 75.5 Å². The van der Waals surface area contributed by atoms with Gasteiger partial charge in [-0.2, -0.15) is 9.78 Å². The monoisotopic (exact) mass is 344 g/mol. The molecule has 0 amide bonds. The highest BCUT2D eigenvalue weighted by Crippen LogP contribution is 2.51. The lowest BCUT2D eigenvalue weighted by Crippen LogP contribution is -2.48. The highest BCUT2D eigenvalue weighted by Gasteiger charge is 2.53. The van der Waals surface area contributed by atoms with Crippen LogP contribution in [0.5, 0.6) is 0 Å². The Hall–Kier alpha value is -1.14. The summed E-state index contributed by atoms with van der Waals surface area (Å²) in [6.07, 6.45) is -0.673. The summed E-state index contributed by atoms with van der Waals surface area (Å²) in [4.78, 5) is 43.7. The standard InChI is InChI=1S/C18H32O6/c1-15(2,3)11(16(4,5)6)17(7,8)12(19)21-22-13(20)18(9,10)14-23-24-14/h11,14H,1-10H3. The molecule has 1 rings (SSSR count). The molecule has 6 nitrogen and oxygen atoms in total. The molecule has 1 heterocycles. The van der Waals surface area contributed by atoms with E-state index in [2.05, 4.69) is 51.3 Å². The fourth-order valence-electron chi connectivity index (χ4n) is 4.24. The topological polar surface area (TPSA) is 77.7 Å². The zero-order valence-corrected chi connectivity index (χ0v) is 16.6. The van der Waals surface area contributed by atoms with Crippen molar-refractivity contribution in [1.82, 2.24) is 0 Å². The van der Waals surface area contributed by atoms with Crippen LogP contribution in [0.25, 0.3) is 0 Å². The van der Waals surface area contributed by atoms with Crippen molar-refractivity contribution in [1.29, 1.82) is 0 Å². The van der Waals surface area contributed by atoms with Gasteiger partial charge in [0.2, 0.25) is 6.29 Å². The van der Waals surface area contributed by atoms with Crippen LogP contribution in [0.3, 0.4) is 0 Å². The quantitative estimate of drug-likeness (QED) is 0.435. The van der Waals surface area contributed by atoms with Gasteiger partial charge in [0.15, 0.2) is 0 Å². The Balaban J connectivity index is 2.85. The smallest absolute Gasteiger partial charge is 0.247 e. The minimum atomic E-state index is -1.04. The van der Waals surface area contributed by atoms with E-state index in [1.807, 2.05) is 13.8 Å². The predicted molar refractivity (Wildman–Crippen MR) is 88.1 cm³/mol. The Morgan fingerprint density at radius 3 is 1.46 bits per heavy atom. The third-order valence-electron chi connectivity index (χ3n) is 4.48. The van der Waals surface area contributed by atoms with Crippen molar-refractivity contribution in [2.24, 2.45) is 27.6 Å². The molecule has 140 valence electrons. The second-order valence-corrected chi connectivity index (χ2v) is 9.87. The molecule has 1 fully saturated rings. The summed E-state index contributed by atoms with van der Waals surface area (Å²) >= 11 is 0. The van der Waals surface area contributed by atoms with E-state index < -0.39 is 29.1 Å². The Bertz CT molecular complexity index is 475. The largest absolute Gasteiger partial charge is 0.366 e. The molecular formula is C18H32O6. The average molecular weight is 344 g/mol. The number of hydrogen-bond donors (Lipinski definition) is 0. The normalized spacial score (nSPS) is 17.0. The molecule has 0 saturated carbocycles. The second-order valence-electron chi connectivity index (χ2n) is 9.87. The molecule has 0 atom stereocenters. The molecule has 1 saturated heterocycles. The van der Waals surface area contributed by atoms with Crippen LogP contribution in [0, 0.1) is 27.6 Å². The maximum Gasteiger partial charge on any atom is 0.366 e. The summed E-state index contributed by atoms with van der Waals surface area (Å²) in [6.45, 7) is 19.4. The van der Waals surface area contributed by atoms with Gasteiger partial charge in [0.1, 0.15) is 5.41 Å². The van der Waals surface area contributed by atoms with Crippen LogP contribution in [0.15, 0.2) is 0 Å². The maximum absolute atomic E-state index is 12.7. The van der Waals surface area contributed by atoms with E-state index in [1.165, 1.54) is 0 Å².